The molecular weight excluding hydrogens is 206 g/mol. The van der Waals surface area contributed by atoms with Crippen LogP contribution in [0.25, 0.3) is 0 Å². The summed E-state index contributed by atoms with van der Waals surface area (Å²) in [7, 11) is 1.65. The van der Waals surface area contributed by atoms with Crippen molar-refractivity contribution in [1.29, 1.82) is 0 Å². The van der Waals surface area contributed by atoms with E-state index in [1.165, 1.54) is 0 Å². The zero-order valence-corrected chi connectivity index (χ0v) is 10.7. The zero-order valence-electron chi connectivity index (χ0n) is 10.7. The van der Waals surface area contributed by atoms with Gasteiger partial charge in [0.15, 0.2) is 0 Å². The lowest BCUT2D eigenvalue weighted by atomic mass is 9.99. The van der Waals surface area contributed by atoms with Crippen LogP contribution in [0.1, 0.15) is 33.6 Å². The Balaban J connectivity index is 2.46. The number of rotatable bonds is 4. The third kappa shape index (κ3) is 4.20. The Bertz CT molecular complexity index is 217. The Morgan fingerprint density at radius 2 is 1.88 bits per heavy atom. The van der Waals surface area contributed by atoms with Crippen LogP contribution in [0, 0.1) is 5.92 Å². The van der Waals surface area contributed by atoms with Gasteiger partial charge in [-0.3, -0.25) is 4.90 Å². The Morgan fingerprint density at radius 3 is 2.25 bits per heavy atom. The summed E-state index contributed by atoms with van der Waals surface area (Å²) in [4.78, 5) is 12.8. The monoisotopic (exact) mass is 229 g/mol. The number of methoxy groups -OCH3 is 1. The highest BCUT2D eigenvalue weighted by Crippen LogP contribution is 2.21. The number of hydrogen-bond acceptors (Lipinski definition) is 4. The maximum Gasteiger partial charge on any atom is 0.218 e. The first-order valence-corrected chi connectivity index (χ1v) is 5.86. The molecule has 0 aliphatic carbocycles. The summed E-state index contributed by atoms with van der Waals surface area (Å²) in [5.41, 5.74) is -0.220. The third-order valence-electron chi connectivity index (χ3n) is 2.72. The van der Waals surface area contributed by atoms with E-state index in [0.29, 0.717) is 0 Å². The molecule has 0 bridgehead atoms. The minimum Gasteiger partial charge on any atom is -0.343 e. The number of nitrogens with zero attached hydrogens (tertiary/aromatic N) is 1. The molecule has 1 aliphatic rings. The van der Waals surface area contributed by atoms with Crippen molar-refractivity contribution in [3.63, 3.8) is 0 Å². The van der Waals surface area contributed by atoms with Gasteiger partial charge < -0.3 is 14.3 Å². The van der Waals surface area contributed by atoms with Crippen LogP contribution in [0.5, 0.6) is 0 Å². The van der Waals surface area contributed by atoms with Gasteiger partial charge in [-0.25, -0.2) is 0 Å². The van der Waals surface area contributed by atoms with Gasteiger partial charge in [-0.15, -0.1) is 0 Å². The topological polar surface area (TPSA) is 38.8 Å². The maximum atomic E-state index is 10.7. The van der Waals surface area contributed by atoms with Crippen molar-refractivity contribution < 1.29 is 14.3 Å². The fourth-order valence-electron chi connectivity index (χ4n) is 1.84. The molecule has 1 fully saturated rings. The second-order valence-electron chi connectivity index (χ2n) is 5.28. The van der Waals surface area contributed by atoms with E-state index in [-0.39, 0.29) is 17.9 Å². The molecule has 94 valence electrons. The predicted octanol–water partition coefficient (Wildman–Crippen LogP) is 1.64. The molecule has 0 N–H and O–H groups in total. The van der Waals surface area contributed by atoms with Gasteiger partial charge in [0.05, 0.1) is 5.60 Å². The van der Waals surface area contributed by atoms with E-state index in [4.69, 9.17) is 9.47 Å². The van der Waals surface area contributed by atoms with E-state index < -0.39 is 0 Å². The van der Waals surface area contributed by atoms with Crippen LogP contribution in [0.15, 0.2) is 0 Å². The summed E-state index contributed by atoms with van der Waals surface area (Å²) >= 11 is 0. The number of likely N-dealkylation sites (tertiary alicyclic amines) is 1. The Labute approximate surface area is 97.9 Å². The van der Waals surface area contributed by atoms with Gasteiger partial charge in [-0.05, 0) is 33.6 Å². The second-order valence-corrected chi connectivity index (χ2v) is 5.28. The molecule has 1 aliphatic heterocycles. The number of carbonyl (C=O) groups is 1. The maximum absolute atomic E-state index is 10.7. The summed E-state index contributed by atoms with van der Waals surface area (Å²) in [6, 6.07) is 0. The predicted molar refractivity (Wildman–Crippen MR) is 62.0 cm³/mol. The zero-order chi connectivity index (χ0) is 12.2. The van der Waals surface area contributed by atoms with Crippen LogP contribution in [-0.2, 0) is 14.3 Å². The highest BCUT2D eigenvalue weighted by Gasteiger charge is 2.28. The van der Waals surface area contributed by atoms with Crippen molar-refractivity contribution in [3.05, 3.63) is 0 Å². The van der Waals surface area contributed by atoms with Crippen molar-refractivity contribution in [2.24, 2.45) is 5.92 Å². The third-order valence-corrected chi connectivity index (χ3v) is 2.72. The summed E-state index contributed by atoms with van der Waals surface area (Å²) in [6.07, 6.45) is 2.56. The molecule has 1 unspecified atom stereocenters. The van der Waals surface area contributed by atoms with Crippen molar-refractivity contribution in [2.45, 2.75) is 45.6 Å². The Kier molecular flexibility index (Phi) is 4.89. The fraction of sp³-hybridized carbons (Fsp3) is 0.917. The van der Waals surface area contributed by atoms with Crippen molar-refractivity contribution in [3.8, 4) is 0 Å². The molecule has 0 aromatic carbocycles. The summed E-state index contributed by atoms with van der Waals surface area (Å²) in [5, 5.41) is 0. The first kappa shape index (κ1) is 13.6. The number of hydrogen-bond donors (Lipinski definition) is 0. The lowest BCUT2D eigenvalue weighted by Gasteiger charge is -2.37. The Hall–Kier alpha value is -0.450. The Morgan fingerprint density at radius 1 is 1.31 bits per heavy atom. The average molecular weight is 229 g/mol. The molecule has 0 spiro atoms. The van der Waals surface area contributed by atoms with Crippen molar-refractivity contribution in [1.82, 2.24) is 4.90 Å². The van der Waals surface area contributed by atoms with E-state index in [9.17, 15) is 4.79 Å². The quantitative estimate of drug-likeness (QED) is 0.542. The summed E-state index contributed by atoms with van der Waals surface area (Å²) in [5.74, 6) is 0.211. The lowest BCUT2D eigenvalue weighted by molar-refractivity contribution is -0.256. The lowest BCUT2D eigenvalue weighted by Crippen LogP contribution is -2.47. The minimum absolute atomic E-state index is 0.211. The number of piperidine rings is 1. The molecule has 1 rings (SSSR count). The normalized spacial score (nSPS) is 22.0. The highest BCUT2D eigenvalue weighted by molar-refractivity contribution is 5.53. The molecule has 4 nitrogen and oxygen atoms in total. The van der Waals surface area contributed by atoms with E-state index >= 15 is 0 Å². The number of aldehydes is 1. The molecule has 0 radical (unpaired) electrons. The van der Waals surface area contributed by atoms with Crippen LogP contribution in [0.4, 0.5) is 0 Å². The van der Waals surface area contributed by atoms with Gasteiger partial charge in [0, 0.05) is 26.1 Å². The van der Waals surface area contributed by atoms with Gasteiger partial charge in [-0.1, -0.05) is 0 Å². The first-order valence-electron chi connectivity index (χ1n) is 5.86. The standard InChI is InChI=1S/C12H23NO3/c1-12(2,3)16-11(15-4)13-7-5-10(9-14)6-8-13/h9-11H,5-8H2,1-4H3. The van der Waals surface area contributed by atoms with Gasteiger partial charge in [0.1, 0.15) is 6.29 Å². The molecule has 0 aromatic rings. The SMILES string of the molecule is COC(OC(C)(C)C)N1CCC(C=O)CC1. The molecule has 1 saturated heterocycles. The number of ether oxygens (including phenoxy) is 2. The number of carbonyl (C=O) groups excluding carboxylic acids is 1. The molecule has 16 heavy (non-hydrogen) atoms. The largest absolute Gasteiger partial charge is 0.343 e. The molecule has 1 heterocycles. The second kappa shape index (κ2) is 5.75. The molecular formula is C12H23NO3. The van der Waals surface area contributed by atoms with E-state index in [1.807, 2.05) is 20.8 Å². The van der Waals surface area contributed by atoms with E-state index in [0.717, 1.165) is 32.2 Å². The van der Waals surface area contributed by atoms with Gasteiger partial charge in [-0.2, -0.15) is 0 Å². The first-order chi connectivity index (χ1) is 7.46. The van der Waals surface area contributed by atoms with Crippen LogP contribution < -0.4 is 0 Å². The van der Waals surface area contributed by atoms with Crippen LogP contribution in [0.2, 0.25) is 0 Å². The molecule has 1 atom stereocenters. The van der Waals surface area contributed by atoms with Gasteiger partial charge >= 0.3 is 0 Å². The molecule has 0 amide bonds. The van der Waals surface area contributed by atoms with Gasteiger partial charge in [0.2, 0.25) is 6.41 Å². The van der Waals surface area contributed by atoms with Crippen molar-refractivity contribution in [2.75, 3.05) is 20.2 Å². The van der Waals surface area contributed by atoms with E-state index in [1.54, 1.807) is 7.11 Å². The molecule has 0 aromatic heterocycles. The summed E-state index contributed by atoms with van der Waals surface area (Å²) < 4.78 is 11.2. The van der Waals surface area contributed by atoms with Crippen LogP contribution >= 0.6 is 0 Å². The smallest absolute Gasteiger partial charge is 0.218 e. The van der Waals surface area contributed by atoms with Crippen LogP contribution in [-0.4, -0.2) is 43.4 Å². The molecule has 4 heteroatoms. The van der Waals surface area contributed by atoms with Gasteiger partial charge in [0.25, 0.3) is 0 Å². The average Bonchev–Trinajstić information content (AvgIpc) is 2.25. The van der Waals surface area contributed by atoms with Crippen LogP contribution in [0.3, 0.4) is 0 Å². The fourth-order valence-corrected chi connectivity index (χ4v) is 1.84. The summed E-state index contributed by atoms with van der Waals surface area (Å²) in [6.45, 7) is 7.75. The highest BCUT2D eigenvalue weighted by atomic mass is 16.7. The molecule has 0 saturated carbocycles. The van der Waals surface area contributed by atoms with Crippen molar-refractivity contribution >= 4 is 6.29 Å². The minimum atomic E-state index is -0.299. The van der Waals surface area contributed by atoms with E-state index in [2.05, 4.69) is 4.90 Å².